The first-order chi connectivity index (χ1) is 15.1. The Balaban J connectivity index is 0.00000289. The summed E-state index contributed by atoms with van der Waals surface area (Å²) in [5, 5.41) is 5.84. The zero-order chi connectivity index (χ0) is 21.6. The predicted molar refractivity (Wildman–Crippen MR) is 135 cm³/mol. The summed E-state index contributed by atoms with van der Waals surface area (Å²) in [6, 6.07) is 19.8. The summed E-state index contributed by atoms with van der Waals surface area (Å²) in [5.41, 5.74) is 4.59. The minimum absolute atomic E-state index is 0. The number of benzene rings is 3. The van der Waals surface area contributed by atoms with Gasteiger partial charge in [-0.25, -0.2) is 0 Å². The standard InChI is InChI=1S/C25H24Cl2N2O2.ClH/c1-30-25-13-17(7-9-24(25)31-16-18-6-8-21(26)22(27)12-18)14-28-11-10-19-15-29-23-5-3-2-4-20(19)23;/h2-9,12-13,15,28-29H,10-11,14,16H2,1H3;1H. The Kier molecular flexibility index (Phi) is 8.71. The molecule has 0 saturated heterocycles. The first-order valence-corrected chi connectivity index (χ1v) is 10.9. The number of hydrogen-bond donors (Lipinski definition) is 2. The number of aromatic amines is 1. The third-order valence-electron chi connectivity index (χ3n) is 5.18. The van der Waals surface area contributed by atoms with Crippen molar-refractivity contribution in [3.63, 3.8) is 0 Å². The van der Waals surface area contributed by atoms with Crippen LogP contribution < -0.4 is 14.8 Å². The van der Waals surface area contributed by atoms with Gasteiger partial charge in [-0.15, -0.1) is 12.4 Å². The zero-order valence-corrected chi connectivity index (χ0v) is 20.0. The van der Waals surface area contributed by atoms with Gasteiger partial charge < -0.3 is 19.8 Å². The first-order valence-electron chi connectivity index (χ1n) is 10.1. The highest BCUT2D eigenvalue weighted by Crippen LogP contribution is 2.30. The highest BCUT2D eigenvalue weighted by atomic mass is 35.5. The molecule has 168 valence electrons. The van der Waals surface area contributed by atoms with E-state index in [9.17, 15) is 0 Å². The number of nitrogens with one attached hydrogen (secondary N) is 2. The summed E-state index contributed by atoms with van der Waals surface area (Å²) in [6.07, 6.45) is 3.06. The van der Waals surface area contributed by atoms with Crippen LogP contribution in [-0.2, 0) is 19.6 Å². The van der Waals surface area contributed by atoms with Gasteiger partial charge in [0.1, 0.15) is 6.61 Å². The van der Waals surface area contributed by atoms with E-state index < -0.39 is 0 Å². The molecule has 7 heteroatoms. The Morgan fingerprint density at radius 3 is 2.53 bits per heavy atom. The molecule has 0 aliphatic heterocycles. The number of aromatic nitrogens is 1. The lowest BCUT2D eigenvalue weighted by atomic mass is 10.1. The normalized spacial score (nSPS) is 10.7. The number of halogens is 3. The molecule has 0 saturated carbocycles. The minimum Gasteiger partial charge on any atom is -0.493 e. The fourth-order valence-electron chi connectivity index (χ4n) is 3.53. The van der Waals surface area contributed by atoms with Crippen LogP contribution in [0.4, 0.5) is 0 Å². The average Bonchev–Trinajstić information content (AvgIpc) is 3.21. The predicted octanol–water partition coefficient (Wildman–Crippen LogP) is 6.82. The summed E-state index contributed by atoms with van der Waals surface area (Å²) in [5.74, 6) is 1.40. The molecule has 0 amide bonds. The summed E-state index contributed by atoms with van der Waals surface area (Å²) in [4.78, 5) is 3.33. The highest BCUT2D eigenvalue weighted by molar-refractivity contribution is 6.42. The van der Waals surface area contributed by atoms with E-state index in [4.69, 9.17) is 32.7 Å². The second kappa shape index (κ2) is 11.5. The van der Waals surface area contributed by atoms with Crippen molar-refractivity contribution in [1.29, 1.82) is 0 Å². The van der Waals surface area contributed by atoms with Crippen molar-refractivity contribution in [2.24, 2.45) is 0 Å². The van der Waals surface area contributed by atoms with Gasteiger partial charge >= 0.3 is 0 Å². The third kappa shape index (κ3) is 5.90. The molecular formula is C25H25Cl3N2O2. The van der Waals surface area contributed by atoms with Crippen LogP contribution >= 0.6 is 35.6 Å². The quantitative estimate of drug-likeness (QED) is 0.253. The maximum absolute atomic E-state index is 6.08. The molecule has 0 fully saturated rings. The van der Waals surface area contributed by atoms with Crippen LogP contribution in [0.15, 0.2) is 66.9 Å². The van der Waals surface area contributed by atoms with Crippen LogP contribution in [0.25, 0.3) is 10.9 Å². The van der Waals surface area contributed by atoms with Gasteiger partial charge in [-0.3, -0.25) is 0 Å². The lowest BCUT2D eigenvalue weighted by molar-refractivity contribution is 0.284. The van der Waals surface area contributed by atoms with Crippen molar-refractivity contribution < 1.29 is 9.47 Å². The van der Waals surface area contributed by atoms with Crippen LogP contribution in [0.5, 0.6) is 11.5 Å². The third-order valence-corrected chi connectivity index (χ3v) is 5.92. The molecule has 1 heterocycles. The molecule has 0 atom stereocenters. The molecule has 32 heavy (non-hydrogen) atoms. The Labute approximate surface area is 204 Å². The number of ether oxygens (including phenoxy) is 2. The van der Waals surface area contributed by atoms with Crippen LogP contribution in [0, 0.1) is 0 Å². The number of hydrogen-bond acceptors (Lipinski definition) is 3. The minimum atomic E-state index is 0. The van der Waals surface area contributed by atoms with Crippen LogP contribution in [-0.4, -0.2) is 18.6 Å². The molecule has 0 aliphatic carbocycles. The lowest BCUT2D eigenvalue weighted by Gasteiger charge is -2.13. The van der Waals surface area contributed by atoms with Gasteiger partial charge in [0.15, 0.2) is 11.5 Å². The smallest absolute Gasteiger partial charge is 0.161 e. The highest BCUT2D eigenvalue weighted by Gasteiger charge is 2.08. The van der Waals surface area contributed by atoms with Crippen molar-refractivity contribution in [1.82, 2.24) is 10.3 Å². The van der Waals surface area contributed by atoms with Gasteiger partial charge in [-0.1, -0.05) is 53.5 Å². The number of fused-ring (bicyclic) bond motifs is 1. The molecule has 4 nitrogen and oxygen atoms in total. The van der Waals surface area contributed by atoms with Gasteiger partial charge in [0.05, 0.1) is 17.2 Å². The fraction of sp³-hybridized carbons (Fsp3) is 0.200. The van der Waals surface area contributed by atoms with Crippen molar-refractivity contribution in [3.05, 3.63) is 93.6 Å². The van der Waals surface area contributed by atoms with Gasteiger partial charge in [0.2, 0.25) is 0 Å². The summed E-state index contributed by atoms with van der Waals surface area (Å²) in [6.45, 7) is 2.03. The molecule has 2 N–H and O–H groups in total. The summed E-state index contributed by atoms with van der Waals surface area (Å²) >= 11 is 12.0. The Morgan fingerprint density at radius 1 is 0.906 bits per heavy atom. The van der Waals surface area contributed by atoms with E-state index >= 15 is 0 Å². The van der Waals surface area contributed by atoms with Crippen molar-refractivity contribution >= 4 is 46.5 Å². The van der Waals surface area contributed by atoms with E-state index in [0.29, 0.717) is 28.2 Å². The fourth-order valence-corrected chi connectivity index (χ4v) is 3.85. The largest absolute Gasteiger partial charge is 0.493 e. The molecule has 4 aromatic rings. The van der Waals surface area contributed by atoms with Crippen LogP contribution in [0.2, 0.25) is 10.0 Å². The number of methoxy groups -OCH3 is 1. The second-order valence-corrected chi connectivity index (χ2v) is 8.12. The second-order valence-electron chi connectivity index (χ2n) is 7.31. The van der Waals surface area contributed by atoms with Crippen molar-refractivity contribution in [2.45, 2.75) is 19.6 Å². The molecular weight excluding hydrogens is 467 g/mol. The Bertz CT molecular complexity index is 1180. The molecule has 1 aromatic heterocycles. The SMILES string of the molecule is COc1cc(CNCCc2c[nH]c3ccccc23)ccc1OCc1ccc(Cl)c(Cl)c1.Cl. The van der Waals surface area contributed by atoms with Gasteiger partial charge in [0.25, 0.3) is 0 Å². The van der Waals surface area contributed by atoms with Crippen LogP contribution in [0.3, 0.4) is 0 Å². The number of H-pyrrole nitrogens is 1. The molecule has 0 spiro atoms. The molecule has 0 radical (unpaired) electrons. The maximum Gasteiger partial charge on any atom is 0.161 e. The molecule has 3 aromatic carbocycles. The van der Waals surface area contributed by atoms with Crippen molar-refractivity contribution in [3.8, 4) is 11.5 Å². The van der Waals surface area contributed by atoms with E-state index in [1.807, 2.05) is 36.4 Å². The van der Waals surface area contributed by atoms with Gasteiger partial charge in [-0.2, -0.15) is 0 Å². The molecule has 4 rings (SSSR count). The first kappa shape index (κ1) is 24.3. The van der Waals surface area contributed by atoms with E-state index in [-0.39, 0.29) is 12.4 Å². The summed E-state index contributed by atoms with van der Waals surface area (Å²) < 4.78 is 11.5. The zero-order valence-electron chi connectivity index (χ0n) is 17.7. The summed E-state index contributed by atoms with van der Waals surface area (Å²) in [7, 11) is 1.65. The number of rotatable bonds is 9. The van der Waals surface area contributed by atoms with Crippen molar-refractivity contribution in [2.75, 3.05) is 13.7 Å². The molecule has 0 unspecified atom stereocenters. The monoisotopic (exact) mass is 490 g/mol. The van der Waals surface area contributed by atoms with Gasteiger partial charge in [0, 0.05) is 23.6 Å². The average molecular weight is 492 g/mol. The van der Waals surface area contributed by atoms with E-state index in [2.05, 4.69) is 34.7 Å². The lowest BCUT2D eigenvalue weighted by Crippen LogP contribution is -2.16. The van der Waals surface area contributed by atoms with Gasteiger partial charge in [-0.05, 0) is 60.0 Å². The van der Waals surface area contributed by atoms with E-state index in [1.54, 1.807) is 13.2 Å². The van der Waals surface area contributed by atoms with Crippen LogP contribution in [0.1, 0.15) is 16.7 Å². The maximum atomic E-state index is 6.08. The van der Waals surface area contributed by atoms with E-state index in [1.165, 1.54) is 16.5 Å². The Morgan fingerprint density at radius 2 is 1.72 bits per heavy atom. The Hall–Kier alpha value is -2.37. The topological polar surface area (TPSA) is 46.3 Å². The molecule has 0 aliphatic rings. The molecule has 0 bridgehead atoms. The number of para-hydroxylation sites is 1. The van der Waals surface area contributed by atoms with E-state index in [0.717, 1.165) is 30.6 Å².